The van der Waals surface area contributed by atoms with E-state index in [0.717, 1.165) is 31.0 Å². The summed E-state index contributed by atoms with van der Waals surface area (Å²) >= 11 is 3.57. The van der Waals surface area contributed by atoms with Gasteiger partial charge in [-0.05, 0) is 13.3 Å². The minimum Gasteiger partial charge on any atom is -0.333 e. The predicted molar refractivity (Wildman–Crippen MR) is 68.9 cm³/mol. The van der Waals surface area contributed by atoms with Crippen molar-refractivity contribution in [1.29, 1.82) is 0 Å². The zero-order valence-corrected chi connectivity index (χ0v) is 11.6. The van der Waals surface area contributed by atoms with Crippen molar-refractivity contribution in [3.8, 4) is 0 Å². The molecule has 5 nitrogen and oxygen atoms in total. The van der Waals surface area contributed by atoms with E-state index in [2.05, 4.69) is 42.7 Å². The third-order valence-electron chi connectivity index (χ3n) is 2.73. The summed E-state index contributed by atoms with van der Waals surface area (Å²) in [5, 5.41) is 8.27. The molecule has 1 atom stereocenters. The van der Waals surface area contributed by atoms with Gasteiger partial charge in [0.25, 0.3) is 0 Å². The zero-order chi connectivity index (χ0) is 12.3. The average Bonchev–Trinajstić information content (AvgIpc) is 2.94. The Morgan fingerprint density at radius 2 is 2.24 bits per heavy atom. The van der Waals surface area contributed by atoms with Crippen LogP contribution in [-0.4, -0.2) is 24.5 Å². The first kappa shape index (κ1) is 12.3. The maximum absolute atomic E-state index is 4.19. The number of rotatable bonds is 5. The third-order valence-corrected chi connectivity index (χ3v) is 3.85. The van der Waals surface area contributed by atoms with E-state index in [9.17, 15) is 0 Å². The summed E-state index contributed by atoms with van der Waals surface area (Å²) in [7, 11) is 0. The van der Waals surface area contributed by atoms with E-state index >= 15 is 0 Å². The van der Waals surface area contributed by atoms with Crippen LogP contribution in [0.3, 0.4) is 0 Å². The molecule has 0 aliphatic heterocycles. The summed E-state index contributed by atoms with van der Waals surface area (Å²) < 4.78 is 3.98. The fourth-order valence-electron chi connectivity index (χ4n) is 1.63. The second kappa shape index (κ2) is 5.44. The molecule has 0 radical (unpaired) electrons. The van der Waals surface area contributed by atoms with Crippen molar-refractivity contribution in [2.45, 2.75) is 38.2 Å². The van der Waals surface area contributed by atoms with Crippen molar-refractivity contribution in [3.63, 3.8) is 0 Å². The second-order valence-corrected chi connectivity index (χ2v) is 5.06. The summed E-state index contributed by atoms with van der Waals surface area (Å²) in [6.45, 7) is 5.80. The third kappa shape index (κ3) is 2.94. The Labute approximate surface area is 109 Å². The number of aryl methyl sites for hydroxylation is 3. The molecule has 0 spiro atoms. The van der Waals surface area contributed by atoms with Crippen LogP contribution in [-0.2, 0) is 13.1 Å². The Kier molecular flexibility index (Phi) is 3.93. The van der Waals surface area contributed by atoms with Crippen LogP contribution < -0.4 is 0 Å². The van der Waals surface area contributed by atoms with Crippen molar-refractivity contribution < 1.29 is 0 Å². The van der Waals surface area contributed by atoms with Crippen molar-refractivity contribution >= 4 is 15.9 Å². The minimum absolute atomic E-state index is 0.297. The highest BCUT2D eigenvalue weighted by atomic mass is 79.9. The van der Waals surface area contributed by atoms with Crippen molar-refractivity contribution in [1.82, 2.24) is 24.5 Å². The van der Waals surface area contributed by atoms with Gasteiger partial charge in [-0.15, -0.1) is 5.10 Å². The van der Waals surface area contributed by atoms with E-state index in [0.29, 0.717) is 4.83 Å². The quantitative estimate of drug-likeness (QED) is 0.796. The fourth-order valence-corrected chi connectivity index (χ4v) is 1.84. The second-order valence-electron chi connectivity index (χ2n) is 3.95. The number of imidazole rings is 1. The number of halogens is 1. The monoisotopic (exact) mass is 297 g/mol. The summed E-state index contributed by atoms with van der Waals surface area (Å²) in [6.07, 6.45) is 6.80. The van der Waals surface area contributed by atoms with Crippen LogP contribution in [0.25, 0.3) is 0 Å². The summed E-state index contributed by atoms with van der Waals surface area (Å²) in [4.78, 5) is 4.48. The molecule has 17 heavy (non-hydrogen) atoms. The van der Waals surface area contributed by atoms with Crippen LogP contribution >= 0.6 is 15.9 Å². The number of hydrogen-bond acceptors (Lipinski definition) is 3. The lowest BCUT2D eigenvalue weighted by Gasteiger charge is -2.04. The van der Waals surface area contributed by atoms with Crippen molar-refractivity contribution in [2.24, 2.45) is 0 Å². The van der Waals surface area contributed by atoms with Gasteiger partial charge in [-0.2, -0.15) is 0 Å². The molecule has 0 N–H and O–H groups in total. The van der Waals surface area contributed by atoms with E-state index in [1.54, 1.807) is 0 Å². The molecule has 6 heteroatoms. The first-order valence-electron chi connectivity index (χ1n) is 5.72. The molecule has 2 aromatic heterocycles. The van der Waals surface area contributed by atoms with Gasteiger partial charge in [-0.25, -0.2) is 4.98 Å². The first-order valence-corrected chi connectivity index (χ1v) is 6.64. The van der Waals surface area contributed by atoms with Crippen molar-refractivity contribution in [3.05, 3.63) is 30.1 Å². The molecule has 0 saturated carbocycles. The highest BCUT2D eigenvalue weighted by Gasteiger charge is 2.09. The molecular weight excluding hydrogens is 282 g/mol. The Morgan fingerprint density at radius 1 is 1.41 bits per heavy atom. The van der Waals surface area contributed by atoms with Gasteiger partial charge < -0.3 is 4.57 Å². The van der Waals surface area contributed by atoms with E-state index in [1.165, 1.54) is 0 Å². The maximum atomic E-state index is 4.19. The van der Waals surface area contributed by atoms with Gasteiger partial charge >= 0.3 is 0 Å². The van der Waals surface area contributed by atoms with Gasteiger partial charge in [0.15, 0.2) is 0 Å². The molecule has 2 heterocycles. The lowest BCUT2D eigenvalue weighted by atomic mass is 10.3. The molecule has 92 valence electrons. The van der Waals surface area contributed by atoms with Crippen molar-refractivity contribution in [2.75, 3.05) is 0 Å². The topological polar surface area (TPSA) is 48.5 Å². The van der Waals surface area contributed by atoms with E-state index < -0.39 is 0 Å². The highest BCUT2D eigenvalue weighted by molar-refractivity contribution is 9.09. The number of alkyl halides is 1. The number of aromatic nitrogens is 5. The lowest BCUT2D eigenvalue weighted by molar-refractivity contribution is 0.513. The van der Waals surface area contributed by atoms with Gasteiger partial charge in [0, 0.05) is 25.1 Å². The Balaban J connectivity index is 1.96. The molecular formula is C11H16BrN5. The van der Waals surface area contributed by atoms with Gasteiger partial charge in [-0.1, -0.05) is 28.1 Å². The van der Waals surface area contributed by atoms with E-state index in [4.69, 9.17) is 0 Å². The summed E-state index contributed by atoms with van der Waals surface area (Å²) in [6, 6.07) is 0. The first-order chi connectivity index (χ1) is 8.20. The Hall–Kier alpha value is -1.17. The van der Waals surface area contributed by atoms with Gasteiger partial charge in [-0.3, -0.25) is 4.68 Å². The average molecular weight is 298 g/mol. The molecule has 0 amide bonds. The SMILES string of the molecule is CCC(Br)c1cn(CCn2ccnc2C)nn1. The molecule has 0 aromatic carbocycles. The van der Waals surface area contributed by atoms with Crippen LogP contribution in [0, 0.1) is 6.92 Å². The molecule has 1 unspecified atom stereocenters. The zero-order valence-electron chi connectivity index (χ0n) is 10.0. The van der Waals surface area contributed by atoms with E-state index in [1.807, 2.05) is 30.2 Å². The fraction of sp³-hybridized carbons (Fsp3) is 0.545. The molecule has 0 bridgehead atoms. The molecule has 2 aromatic rings. The smallest absolute Gasteiger partial charge is 0.105 e. The minimum atomic E-state index is 0.297. The van der Waals surface area contributed by atoms with Gasteiger partial charge in [0.2, 0.25) is 0 Å². The van der Waals surface area contributed by atoms with Gasteiger partial charge in [0.05, 0.1) is 17.1 Å². The van der Waals surface area contributed by atoms with E-state index in [-0.39, 0.29) is 0 Å². The van der Waals surface area contributed by atoms with Crippen LogP contribution in [0.1, 0.15) is 29.7 Å². The number of nitrogens with zero attached hydrogens (tertiary/aromatic N) is 5. The normalized spacial score (nSPS) is 12.9. The molecule has 0 fully saturated rings. The van der Waals surface area contributed by atoms with Crippen LogP contribution in [0.2, 0.25) is 0 Å². The molecule has 0 saturated heterocycles. The highest BCUT2D eigenvalue weighted by Crippen LogP contribution is 2.23. The Morgan fingerprint density at radius 3 is 2.88 bits per heavy atom. The standard InChI is InChI=1S/C11H16BrN5/c1-3-10(12)11-8-17(15-14-11)7-6-16-5-4-13-9(16)2/h4-5,8,10H,3,6-7H2,1-2H3. The summed E-state index contributed by atoms with van der Waals surface area (Å²) in [5.74, 6) is 1.03. The molecule has 2 rings (SSSR count). The summed E-state index contributed by atoms with van der Waals surface area (Å²) in [5.41, 5.74) is 0.995. The maximum Gasteiger partial charge on any atom is 0.105 e. The molecule has 0 aliphatic carbocycles. The lowest BCUT2D eigenvalue weighted by Crippen LogP contribution is -2.08. The number of hydrogen-bond donors (Lipinski definition) is 0. The predicted octanol–water partition coefficient (Wildman–Crippen LogP) is 2.33. The van der Waals surface area contributed by atoms with Crippen LogP contribution in [0.15, 0.2) is 18.6 Å². The Bertz CT molecular complexity index is 476. The van der Waals surface area contributed by atoms with Crippen LogP contribution in [0.5, 0.6) is 0 Å². The largest absolute Gasteiger partial charge is 0.333 e. The molecule has 0 aliphatic rings. The van der Waals surface area contributed by atoms with Gasteiger partial charge in [0.1, 0.15) is 5.82 Å². The van der Waals surface area contributed by atoms with Crippen LogP contribution in [0.4, 0.5) is 0 Å².